The Morgan fingerprint density at radius 1 is 1.30 bits per heavy atom. The summed E-state index contributed by atoms with van der Waals surface area (Å²) < 4.78 is 14.5. The first kappa shape index (κ1) is 19.9. The quantitative estimate of drug-likeness (QED) is 0.568. The van der Waals surface area contributed by atoms with E-state index in [4.69, 9.17) is 0 Å². The smallest absolute Gasteiger partial charge is 0.191 e. The highest BCUT2D eigenvalue weighted by atomic mass is 19.1. The van der Waals surface area contributed by atoms with E-state index in [9.17, 15) is 4.39 Å². The van der Waals surface area contributed by atoms with Crippen molar-refractivity contribution < 1.29 is 4.39 Å². The minimum Gasteiger partial charge on any atom is -0.370 e. The van der Waals surface area contributed by atoms with Crippen LogP contribution in [0.5, 0.6) is 0 Å². The maximum atomic E-state index is 14.5. The van der Waals surface area contributed by atoms with Gasteiger partial charge in [0.1, 0.15) is 5.82 Å². The first-order valence-electron chi connectivity index (χ1n) is 10.3. The van der Waals surface area contributed by atoms with Crippen molar-refractivity contribution in [2.24, 2.45) is 4.99 Å². The highest BCUT2D eigenvalue weighted by Crippen LogP contribution is 2.33. The average Bonchev–Trinajstić information content (AvgIpc) is 3.44. The molecule has 1 aliphatic heterocycles. The number of hydrogen-bond acceptors (Lipinski definition) is 3. The Balaban J connectivity index is 1.53. The molecule has 1 saturated heterocycles. The van der Waals surface area contributed by atoms with E-state index in [0.717, 1.165) is 43.6 Å². The summed E-state index contributed by atoms with van der Waals surface area (Å²) in [6.07, 6.45) is 3.84. The van der Waals surface area contributed by atoms with Crippen LogP contribution < -0.4 is 15.5 Å². The molecule has 0 amide bonds. The van der Waals surface area contributed by atoms with Crippen LogP contribution in [0.3, 0.4) is 0 Å². The molecule has 2 fully saturated rings. The third-order valence-corrected chi connectivity index (χ3v) is 5.78. The van der Waals surface area contributed by atoms with E-state index >= 15 is 0 Å². The lowest BCUT2D eigenvalue weighted by Crippen LogP contribution is -2.44. The molecule has 0 aromatic heterocycles. The first-order valence-corrected chi connectivity index (χ1v) is 10.3. The highest BCUT2D eigenvalue weighted by molar-refractivity contribution is 5.80. The molecule has 2 aliphatic rings. The number of halogens is 1. The number of nitrogens with one attached hydrogen (secondary N) is 2. The van der Waals surface area contributed by atoms with Crippen molar-refractivity contribution in [3.8, 4) is 0 Å². The van der Waals surface area contributed by atoms with E-state index in [-0.39, 0.29) is 5.82 Å². The second-order valence-corrected chi connectivity index (χ2v) is 7.74. The summed E-state index contributed by atoms with van der Waals surface area (Å²) in [5, 5.41) is 6.87. The van der Waals surface area contributed by atoms with E-state index in [1.165, 1.54) is 12.8 Å². The number of benzene rings is 1. The van der Waals surface area contributed by atoms with Crippen LogP contribution in [-0.4, -0.2) is 55.7 Å². The van der Waals surface area contributed by atoms with Crippen LogP contribution in [0.1, 0.15) is 45.6 Å². The van der Waals surface area contributed by atoms with E-state index < -0.39 is 0 Å². The fourth-order valence-corrected chi connectivity index (χ4v) is 4.13. The van der Waals surface area contributed by atoms with Gasteiger partial charge in [0.15, 0.2) is 5.96 Å². The van der Waals surface area contributed by atoms with Crippen LogP contribution in [0, 0.1) is 5.82 Å². The van der Waals surface area contributed by atoms with Gasteiger partial charge in [-0.2, -0.15) is 0 Å². The molecule has 2 N–H and O–H groups in total. The van der Waals surface area contributed by atoms with Gasteiger partial charge in [0, 0.05) is 51.4 Å². The van der Waals surface area contributed by atoms with Gasteiger partial charge in [-0.05, 0) is 57.7 Å². The summed E-state index contributed by atoms with van der Waals surface area (Å²) in [6, 6.07) is 7.35. The molecule has 1 aromatic rings. The normalized spacial score (nSPS) is 23.5. The summed E-state index contributed by atoms with van der Waals surface area (Å²) in [5.74, 6) is 0.628. The average molecular weight is 376 g/mol. The van der Waals surface area contributed by atoms with Crippen LogP contribution in [0.15, 0.2) is 23.2 Å². The SMILES string of the molecule is CCN(CC)c1ccc(CNC(=NC)NC2CC(C)N(C3CC3)C2)cc1F. The molecular weight excluding hydrogens is 341 g/mol. The molecule has 150 valence electrons. The van der Waals surface area contributed by atoms with E-state index in [2.05, 4.69) is 27.4 Å². The van der Waals surface area contributed by atoms with E-state index in [1.54, 1.807) is 13.1 Å². The molecule has 0 bridgehead atoms. The van der Waals surface area contributed by atoms with E-state index in [1.807, 2.05) is 30.9 Å². The fourth-order valence-electron chi connectivity index (χ4n) is 4.13. The molecule has 2 unspecified atom stereocenters. The van der Waals surface area contributed by atoms with Gasteiger partial charge in [-0.15, -0.1) is 0 Å². The lowest BCUT2D eigenvalue weighted by Gasteiger charge is -2.22. The van der Waals surface area contributed by atoms with Crippen molar-refractivity contribution >= 4 is 11.6 Å². The number of rotatable bonds is 7. The van der Waals surface area contributed by atoms with Crippen molar-refractivity contribution in [3.63, 3.8) is 0 Å². The summed E-state index contributed by atoms with van der Waals surface area (Å²) in [4.78, 5) is 8.99. The molecule has 27 heavy (non-hydrogen) atoms. The Morgan fingerprint density at radius 3 is 2.63 bits per heavy atom. The van der Waals surface area contributed by atoms with Gasteiger partial charge >= 0.3 is 0 Å². The van der Waals surface area contributed by atoms with Crippen molar-refractivity contribution in [3.05, 3.63) is 29.6 Å². The zero-order chi connectivity index (χ0) is 19.4. The third-order valence-electron chi connectivity index (χ3n) is 5.78. The maximum Gasteiger partial charge on any atom is 0.191 e. The van der Waals surface area contributed by atoms with Crippen LogP contribution >= 0.6 is 0 Å². The predicted octanol–water partition coefficient (Wildman–Crippen LogP) is 2.96. The Morgan fingerprint density at radius 2 is 2.04 bits per heavy atom. The molecule has 1 aromatic carbocycles. The summed E-state index contributed by atoms with van der Waals surface area (Å²) >= 11 is 0. The molecular formula is C21H34FN5. The van der Waals surface area contributed by atoms with E-state index in [0.29, 0.717) is 24.3 Å². The zero-order valence-electron chi connectivity index (χ0n) is 17.1. The van der Waals surface area contributed by atoms with Crippen molar-refractivity contribution in [1.29, 1.82) is 0 Å². The minimum atomic E-state index is -0.161. The van der Waals surface area contributed by atoms with Gasteiger partial charge in [-0.25, -0.2) is 4.39 Å². The van der Waals surface area contributed by atoms with Crippen molar-refractivity contribution in [2.45, 2.75) is 64.7 Å². The Kier molecular flexibility index (Phi) is 6.58. The van der Waals surface area contributed by atoms with Gasteiger partial charge in [-0.1, -0.05) is 6.07 Å². The van der Waals surface area contributed by atoms with Crippen molar-refractivity contribution in [2.75, 3.05) is 31.6 Å². The molecule has 0 spiro atoms. The molecule has 6 heteroatoms. The molecule has 2 atom stereocenters. The topological polar surface area (TPSA) is 42.9 Å². The lowest BCUT2D eigenvalue weighted by molar-refractivity contribution is 0.256. The molecule has 0 radical (unpaired) electrons. The Bertz CT molecular complexity index is 654. The minimum absolute atomic E-state index is 0.161. The molecule has 1 aliphatic carbocycles. The summed E-state index contributed by atoms with van der Waals surface area (Å²) in [6.45, 7) is 9.66. The predicted molar refractivity (Wildman–Crippen MR) is 111 cm³/mol. The fraction of sp³-hybridized carbons (Fsp3) is 0.667. The number of likely N-dealkylation sites (tertiary alicyclic amines) is 1. The zero-order valence-corrected chi connectivity index (χ0v) is 17.1. The van der Waals surface area contributed by atoms with Gasteiger partial charge in [0.25, 0.3) is 0 Å². The molecule has 3 rings (SSSR count). The number of guanidine groups is 1. The standard InChI is InChI=1S/C21H34FN5/c1-5-26(6-2)20-10-7-16(12-19(20)22)13-24-21(23-4)25-17-11-15(3)27(14-17)18-8-9-18/h7,10,12,15,17-18H,5-6,8-9,11,13-14H2,1-4H3,(H2,23,24,25). The second kappa shape index (κ2) is 8.91. The number of anilines is 1. The largest absolute Gasteiger partial charge is 0.370 e. The van der Waals surface area contributed by atoms with Gasteiger partial charge in [0.2, 0.25) is 0 Å². The van der Waals surface area contributed by atoms with Crippen LogP contribution in [-0.2, 0) is 6.54 Å². The maximum absolute atomic E-state index is 14.5. The van der Waals surface area contributed by atoms with Crippen LogP contribution in [0.2, 0.25) is 0 Å². The van der Waals surface area contributed by atoms with Gasteiger partial charge in [-0.3, -0.25) is 9.89 Å². The molecule has 1 saturated carbocycles. The monoisotopic (exact) mass is 375 g/mol. The number of nitrogens with zero attached hydrogens (tertiary/aromatic N) is 3. The number of hydrogen-bond donors (Lipinski definition) is 2. The third kappa shape index (κ3) is 4.92. The Labute approximate surface area is 163 Å². The lowest BCUT2D eigenvalue weighted by atomic mass is 10.1. The van der Waals surface area contributed by atoms with Crippen LogP contribution in [0.25, 0.3) is 0 Å². The second-order valence-electron chi connectivity index (χ2n) is 7.74. The van der Waals surface area contributed by atoms with Gasteiger partial charge < -0.3 is 15.5 Å². The highest BCUT2D eigenvalue weighted by Gasteiger charge is 2.38. The summed E-state index contributed by atoms with van der Waals surface area (Å²) in [5.41, 5.74) is 1.59. The van der Waals surface area contributed by atoms with Crippen LogP contribution in [0.4, 0.5) is 10.1 Å². The van der Waals surface area contributed by atoms with Crippen molar-refractivity contribution in [1.82, 2.24) is 15.5 Å². The summed E-state index contributed by atoms with van der Waals surface area (Å²) in [7, 11) is 1.79. The first-order chi connectivity index (χ1) is 13.0. The molecule has 5 nitrogen and oxygen atoms in total. The van der Waals surface area contributed by atoms with Gasteiger partial charge in [0.05, 0.1) is 5.69 Å². The molecule has 1 heterocycles. The Hall–Kier alpha value is -1.82. The number of aliphatic imine (C=N–C) groups is 1.